The minimum Gasteiger partial charge on any atom is -0.372 e. The molecule has 1 heterocycles. The van der Waals surface area contributed by atoms with Crippen molar-refractivity contribution >= 4 is 0 Å². The maximum atomic E-state index is 3.68. The average Bonchev–Trinajstić information content (AvgIpc) is 2.21. The first-order chi connectivity index (χ1) is 6.38. The van der Waals surface area contributed by atoms with E-state index >= 15 is 0 Å². The number of rotatable bonds is 3. The van der Waals surface area contributed by atoms with Crippen molar-refractivity contribution in [2.24, 2.45) is 0 Å². The van der Waals surface area contributed by atoms with Crippen molar-refractivity contribution in [2.45, 2.75) is 26.2 Å². The number of hydrogen-bond donors (Lipinski definition) is 0. The van der Waals surface area contributed by atoms with Crippen LogP contribution < -0.4 is 0 Å². The molecule has 0 aromatic heterocycles. The van der Waals surface area contributed by atoms with E-state index in [9.17, 15) is 0 Å². The van der Waals surface area contributed by atoms with Crippen LogP contribution in [0.2, 0.25) is 0 Å². The Kier molecular flexibility index (Phi) is 4.37. The zero-order valence-electron chi connectivity index (χ0n) is 8.50. The normalized spacial score (nSPS) is 19.5. The summed E-state index contributed by atoms with van der Waals surface area (Å²) in [6.45, 7) is 8.19. The van der Waals surface area contributed by atoms with Gasteiger partial charge in [-0.15, -0.1) is 0 Å². The molecule has 0 N–H and O–H groups in total. The summed E-state index contributed by atoms with van der Waals surface area (Å²) >= 11 is 0. The molecule has 1 aliphatic heterocycles. The van der Waals surface area contributed by atoms with Crippen LogP contribution in [0.4, 0.5) is 0 Å². The predicted octanol–water partition coefficient (Wildman–Crippen LogP) is 3.12. The second kappa shape index (κ2) is 5.63. The topological polar surface area (TPSA) is 3.24 Å². The van der Waals surface area contributed by atoms with E-state index in [0.717, 1.165) is 0 Å². The number of piperidine rings is 1. The van der Waals surface area contributed by atoms with Crippen molar-refractivity contribution in [3.05, 3.63) is 36.6 Å². The molecule has 1 heteroatoms. The number of allylic oxidation sites excluding steroid dienone is 4. The van der Waals surface area contributed by atoms with Gasteiger partial charge in [-0.2, -0.15) is 0 Å². The molecule has 0 saturated carbocycles. The third-order valence-corrected chi connectivity index (χ3v) is 2.42. The molecule has 1 aliphatic rings. The lowest BCUT2D eigenvalue weighted by Gasteiger charge is -2.29. The van der Waals surface area contributed by atoms with Crippen LogP contribution in [-0.4, -0.2) is 18.0 Å². The molecule has 1 fully saturated rings. The predicted molar refractivity (Wildman–Crippen MR) is 58.5 cm³/mol. The van der Waals surface area contributed by atoms with Crippen molar-refractivity contribution < 1.29 is 0 Å². The summed E-state index contributed by atoms with van der Waals surface area (Å²) in [5.74, 6) is 0. The van der Waals surface area contributed by atoms with E-state index in [0.29, 0.717) is 0 Å². The van der Waals surface area contributed by atoms with Gasteiger partial charge < -0.3 is 4.90 Å². The van der Waals surface area contributed by atoms with Gasteiger partial charge in [-0.1, -0.05) is 24.8 Å². The van der Waals surface area contributed by atoms with Crippen molar-refractivity contribution in [1.82, 2.24) is 4.90 Å². The molecule has 0 radical (unpaired) electrons. The minimum absolute atomic E-state index is 1.21. The molecule has 0 unspecified atom stereocenters. The standard InChI is InChI=1S/C12H19N/c1-3-5-9-12(4-2)13-10-7-6-8-11-13/h3-5,9H,1,6-8,10-11H2,2H3. The Morgan fingerprint density at radius 3 is 2.46 bits per heavy atom. The summed E-state index contributed by atoms with van der Waals surface area (Å²) in [6, 6.07) is 0. The molecule has 72 valence electrons. The largest absolute Gasteiger partial charge is 0.372 e. The monoisotopic (exact) mass is 177 g/mol. The lowest BCUT2D eigenvalue weighted by molar-refractivity contribution is 0.293. The maximum Gasteiger partial charge on any atom is 0.0322 e. The lowest BCUT2D eigenvalue weighted by atomic mass is 10.1. The average molecular weight is 177 g/mol. The first kappa shape index (κ1) is 10.1. The molecule has 1 saturated heterocycles. The van der Waals surface area contributed by atoms with Gasteiger partial charge in [0.05, 0.1) is 0 Å². The van der Waals surface area contributed by atoms with E-state index in [4.69, 9.17) is 0 Å². The van der Waals surface area contributed by atoms with E-state index in [1.807, 2.05) is 12.2 Å². The van der Waals surface area contributed by atoms with Crippen molar-refractivity contribution in [1.29, 1.82) is 0 Å². The van der Waals surface area contributed by atoms with Crippen LogP contribution in [0.5, 0.6) is 0 Å². The zero-order valence-corrected chi connectivity index (χ0v) is 8.50. The molecule has 0 aliphatic carbocycles. The van der Waals surface area contributed by atoms with Crippen LogP contribution in [0.25, 0.3) is 0 Å². The molecular formula is C12H19N. The molecule has 0 aromatic rings. The highest BCUT2D eigenvalue weighted by molar-refractivity contribution is 5.20. The van der Waals surface area contributed by atoms with Gasteiger partial charge in [-0.3, -0.25) is 0 Å². The van der Waals surface area contributed by atoms with Gasteiger partial charge in [0.15, 0.2) is 0 Å². The van der Waals surface area contributed by atoms with Crippen molar-refractivity contribution in [3.8, 4) is 0 Å². The number of nitrogens with zero attached hydrogens (tertiary/aromatic N) is 1. The highest BCUT2D eigenvalue weighted by atomic mass is 15.1. The fourth-order valence-corrected chi connectivity index (χ4v) is 1.70. The van der Waals surface area contributed by atoms with E-state index in [1.54, 1.807) is 0 Å². The third-order valence-electron chi connectivity index (χ3n) is 2.42. The lowest BCUT2D eigenvalue weighted by Crippen LogP contribution is -2.28. The number of hydrogen-bond acceptors (Lipinski definition) is 1. The fourth-order valence-electron chi connectivity index (χ4n) is 1.70. The molecule has 0 atom stereocenters. The first-order valence-corrected chi connectivity index (χ1v) is 5.09. The van der Waals surface area contributed by atoms with Gasteiger partial charge >= 0.3 is 0 Å². The van der Waals surface area contributed by atoms with Gasteiger partial charge in [-0.05, 0) is 32.3 Å². The van der Waals surface area contributed by atoms with Gasteiger partial charge in [0, 0.05) is 18.8 Å². The van der Waals surface area contributed by atoms with Crippen LogP contribution in [0, 0.1) is 0 Å². The smallest absolute Gasteiger partial charge is 0.0322 e. The van der Waals surface area contributed by atoms with Crippen LogP contribution in [0.1, 0.15) is 26.2 Å². The van der Waals surface area contributed by atoms with Crippen LogP contribution in [-0.2, 0) is 0 Å². The quantitative estimate of drug-likeness (QED) is 0.599. The third kappa shape index (κ3) is 3.10. The van der Waals surface area contributed by atoms with Crippen LogP contribution >= 0.6 is 0 Å². The van der Waals surface area contributed by atoms with Crippen LogP contribution in [0.3, 0.4) is 0 Å². The van der Waals surface area contributed by atoms with Gasteiger partial charge in [0.25, 0.3) is 0 Å². The molecule has 0 bridgehead atoms. The highest BCUT2D eigenvalue weighted by Gasteiger charge is 2.09. The van der Waals surface area contributed by atoms with Gasteiger partial charge in [-0.25, -0.2) is 0 Å². The maximum absolute atomic E-state index is 3.68. The Balaban J connectivity index is 2.54. The summed E-state index contributed by atoms with van der Waals surface area (Å²) < 4.78 is 0. The summed E-state index contributed by atoms with van der Waals surface area (Å²) in [5, 5.41) is 0. The van der Waals surface area contributed by atoms with Crippen LogP contribution in [0.15, 0.2) is 36.6 Å². The second-order valence-corrected chi connectivity index (χ2v) is 3.36. The summed E-state index contributed by atoms with van der Waals surface area (Å²) in [4.78, 5) is 2.45. The Morgan fingerprint density at radius 1 is 1.23 bits per heavy atom. The Hall–Kier alpha value is -0.980. The van der Waals surface area contributed by atoms with E-state index in [2.05, 4.69) is 30.6 Å². The molecular weight excluding hydrogens is 158 g/mol. The SMILES string of the molecule is C=CC=CC(=CC)N1CCCCC1. The van der Waals surface area contributed by atoms with Crippen molar-refractivity contribution in [3.63, 3.8) is 0 Å². The second-order valence-electron chi connectivity index (χ2n) is 3.36. The van der Waals surface area contributed by atoms with Gasteiger partial charge in [0.1, 0.15) is 0 Å². The summed E-state index contributed by atoms with van der Waals surface area (Å²) in [5.41, 5.74) is 1.33. The molecule has 0 amide bonds. The zero-order chi connectivity index (χ0) is 9.52. The molecule has 0 spiro atoms. The molecule has 13 heavy (non-hydrogen) atoms. The fraction of sp³-hybridized carbons (Fsp3) is 0.500. The van der Waals surface area contributed by atoms with E-state index in [-0.39, 0.29) is 0 Å². The minimum atomic E-state index is 1.21. The highest BCUT2D eigenvalue weighted by Crippen LogP contribution is 2.15. The van der Waals surface area contributed by atoms with E-state index < -0.39 is 0 Å². The number of likely N-dealkylation sites (tertiary alicyclic amines) is 1. The Morgan fingerprint density at radius 2 is 1.92 bits per heavy atom. The van der Waals surface area contributed by atoms with Gasteiger partial charge in [0.2, 0.25) is 0 Å². The summed E-state index contributed by atoms with van der Waals surface area (Å²) in [6.07, 6.45) is 12.2. The molecule has 1 nitrogen and oxygen atoms in total. The Labute approximate surface area is 81.4 Å². The Bertz CT molecular complexity index is 207. The van der Waals surface area contributed by atoms with Crippen molar-refractivity contribution in [2.75, 3.05) is 13.1 Å². The van der Waals surface area contributed by atoms with E-state index in [1.165, 1.54) is 38.0 Å². The first-order valence-electron chi connectivity index (χ1n) is 5.09. The molecule has 1 rings (SSSR count). The molecule has 0 aromatic carbocycles. The summed E-state index contributed by atoms with van der Waals surface area (Å²) in [7, 11) is 0.